The normalized spacial score (nSPS) is 12.7. The number of benzene rings is 1. The molecule has 0 aliphatic heterocycles. The summed E-state index contributed by atoms with van der Waals surface area (Å²) in [5.41, 5.74) is -0.335. The second-order valence-corrected chi connectivity index (χ2v) is 2.94. The number of nitrogens with zero attached hydrogens (tertiary/aromatic N) is 1. The van der Waals surface area contributed by atoms with Gasteiger partial charge in [0.25, 0.3) is 0 Å². The summed E-state index contributed by atoms with van der Waals surface area (Å²) in [5.74, 6) is -1.82. The fourth-order valence-corrected chi connectivity index (χ4v) is 1.07. The van der Waals surface area contributed by atoms with Gasteiger partial charge in [0, 0.05) is 6.07 Å². The highest BCUT2D eigenvalue weighted by molar-refractivity contribution is 6.69. The van der Waals surface area contributed by atoms with E-state index in [1.54, 1.807) is 0 Å². The van der Waals surface area contributed by atoms with E-state index in [0.29, 0.717) is 6.07 Å². The Morgan fingerprint density at radius 1 is 1.38 bits per heavy atom. The number of rotatable bonds is 2. The zero-order valence-electron chi connectivity index (χ0n) is 7.42. The van der Waals surface area contributed by atoms with Crippen LogP contribution in [-0.4, -0.2) is 16.7 Å². The van der Waals surface area contributed by atoms with Gasteiger partial charge in [-0.2, -0.15) is 0 Å². The number of hydrogen-bond acceptors (Lipinski definition) is 3. The predicted octanol–water partition coefficient (Wildman–Crippen LogP) is 3.10. The zero-order chi connectivity index (χ0) is 12.3. The third kappa shape index (κ3) is 3.27. The van der Waals surface area contributed by atoms with E-state index in [4.69, 9.17) is 16.8 Å². The Bertz CT molecular complexity index is 419. The molecule has 0 unspecified atom stereocenters. The molecule has 0 heterocycles. The van der Waals surface area contributed by atoms with Crippen LogP contribution in [0.1, 0.15) is 5.56 Å². The minimum atomic E-state index is -4.90. The van der Waals surface area contributed by atoms with Crippen LogP contribution >= 0.6 is 11.6 Å². The summed E-state index contributed by atoms with van der Waals surface area (Å²) >= 11 is 5.28. The molecule has 88 valence electrons. The highest BCUT2D eigenvalue weighted by atomic mass is 35.5. The summed E-state index contributed by atoms with van der Waals surface area (Å²) in [6.07, 6.45) is -4.90. The molecule has 0 amide bonds. The third-order valence-electron chi connectivity index (χ3n) is 1.48. The molecule has 0 fully saturated rings. The molecule has 0 spiro atoms. The summed E-state index contributed by atoms with van der Waals surface area (Å²) in [7, 11) is 0. The minimum absolute atomic E-state index is 0.335. The summed E-state index contributed by atoms with van der Waals surface area (Å²) < 4.78 is 51.9. The van der Waals surface area contributed by atoms with Crippen molar-refractivity contribution in [2.24, 2.45) is 5.16 Å². The molecule has 1 rings (SSSR count). The second kappa shape index (κ2) is 4.56. The minimum Gasteiger partial charge on any atom is -0.410 e. The van der Waals surface area contributed by atoms with E-state index in [0.717, 1.165) is 12.1 Å². The molecule has 1 aromatic rings. The first kappa shape index (κ1) is 12.6. The van der Waals surface area contributed by atoms with Crippen LogP contribution in [0, 0.1) is 5.82 Å². The van der Waals surface area contributed by atoms with Crippen molar-refractivity contribution in [2.75, 3.05) is 0 Å². The molecule has 0 bridgehead atoms. The van der Waals surface area contributed by atoms with Crippen LogP contribution in [0.15, 0.2) is 23.4 Å². The van der Waals surface area contributed by atoms with Gasteiger partial charge >= 0.3 is 6.36 Å². The SMILES string of the molecule is ON=C(Cl)c1ccc(OC(F)(F)F)cc1F. The van der Waals surface area contributed by atoms with Gasteiger partial charge in [-0.05, 0) is 12.1 Å². The van der Waals surface area contributed by atoms with E-state index in [9.17, 15) is 17.6 Å². The molecule has 3 nitrogen and oxygen atoms in total. The fourth-order valence-electron chi connectivity index (χ4n) is 0.914. The molecular weight excluding hydrogens is 254 g/mol. The molecule has 0 aliphatic carbocycles. The molecule has 0 aromatic heterocycles. The van der Waals surface area contributed by atoms with Crippen LogP contribution in [-0.2, 0) is 0 Å². The van der Waals surface area contributed by atoms with Gasteiger partial charge in [0.2, 0.25) is 0 Å². The van der Waals surface area contributed by atoms with Gasteiger partial charge in [0.15, 0.2) is 5.17 Å². The number of halogens is 5. The largest absolute Gasteiger partial charge is 0.573 e. The molecule has 0 saturated heterocycles. The van der Waals surface area contributed by atoms with Crippen molar-refractivity contribution in [1.29, 1.82) is 0 Å². The Hall–Kier alpha value is -1.50. The standard InChI is InChI=1S/C8H4ClF4NO2/c9-7(14-15)5-2-1-4(3-6(5)10)16-8(11,12)13/h1-3,15H. The number of hydrogen-bond donors (Lipinski definition) is 1. The van der Waals surface area contributed by atoms with Gasteiger partial charge in [0.1, 0.15) is 11.6 Å². The van der Waals surface area contributed by atoms with Crippen LogP contribution in [0.4, 0.5) is 17.6 Å². The van der Waals surface area contributed by atoms with E-state index in [2.05, 4.69) is 9.89 Å². The highest BCUT2D eigenvalue weighted by Crippen LogP contribution is 2.25. The van der Waals surface area contributed by atoms with Gasteiger partial charge in [-0.1, -0.05) is 16.8 Å². The van der Waals surface area contributed by atoms with Gasteiger partial charge in [-0.3, -0.25) is 0 Å². The van der Waals surface area contributed by atoms with Crippen molar-refractivity contribution in [3.63, 3.8) is 0 Å². The maximum Gasteiger partial charge on any atom is 0.573 e. The first-order chi connectivity index (χ1) is 7.33. The lowest BCUT2D eigenvalue weighted by molar-refractivity contribution is -0.274. The lowest BCUT2D eigenvalue weighted by atomic mass is 10.2. The number of oxime groups is 1. The van der Waals surface area contributed by atoms with E-state index in [1.807, 2.05) is 0 Å². The Kier molecular flexibility index (Phi) is 3.58. The molecule has 1 N–H and O–H groups in total. The summed E-state index contributed by atoms with van der Waals surface area (Å²) in [4.78, 5) is 0. The maximum atomic E-state index is 13.1. The van der Waals surface area contributed by atoms with Crippen molar-refractivity contribution < 1.29 is 27.5 Å². The van der Waals surface area contributed by atoms with Gasteiger partial charge < -0.3 is 9.94 Å². The van der Waals surface area contributed by atoms with Crippen LogP contribution in [0.25, 0.3) is 0 Å². The van der Waals surface area contributed by atoms with Crippen molar-refractivity contribution in [3.05, 3.63) is 29.6 Å². The average Bonchev–Trinajstić information content (AvgIpc) is 2.14. The first-order valence-electron chi connectivity index (χ1n) is 3.76. The molecule has 0 radical (unpaired) electrons. The van der Waals surface area contributed by atoms with Crippen molar-refractivity contribution in [1.82, 2.24) is 0 Å². The van der Waals surface area contributed by atoms with Crippen LogP contribution < -0.4 is 4.74 Å². The highest BCUT2D eigenvalue weighted by Gasteiger charge is 2.31. The van der Waals surface area contributed by atoms with Crippen LogP contribution in [0.5, 0.6) is 5.75 Å². The Balaban J connectivity index is 3.00. The fraction of sp³-hybridized carbons (Fsp3) is 0.125. The average molecular weight is 258 g/mol. The van der Waals surface area contributed by atoms with Gasteiger partial charge in [0.05, 0.1) is 5.56 Å². The van der Waals surface area contributed by atoms with Crippen molar-refractivity contribution >= 4 is 16.8 Å². The maximum absolute atomic E-state index is 13.1. The lowest BCUT2D eigenvalue weighted by Gasteiger charge is -2.09. The smallest absolute Gasteiger partial charge is 0.410 e. The monoisotopic (exact) mass is 257 g/mol. The topological polar surface area (TPSA) is 41.8 Å². The Labute approximate surface area is 91.9 Å². The molecule has 0 aliphatic rings. The predicted molar refractivity (Wildman–Crippen MR) is 47.3 cm³/mol. The summed E-state index contributed by atoms with van der Waals surface area (Å²) in [6, 6.07) is 2.23. The molecule has 8 heteroatoms. The molecule has 0 saturated carbocycles. The zero-order valence-corrected chi connectivity index (χ0v) is 8.18. The second-order valence-electron chi connectivity index (χ2n) is 2.58. The van der Waals surface area contributed by atoms with Gasteiger partial charge in [-0.25, -0.2) is 4.39 Å². The third-order valence-corrected chi connectivity index (χ3v) is 1.76. The van der Waals surface area contributed by atoms with Gasteiger partial charge in [-0.15, -0.1) is 13.2 Å². The van der Waals surface area contributed by atoms with E-state index < -0.39 is 23.1 Å². The lowest BCUT2D eigenvalue weighted by Crippen LogP contribution is -2.17. The Morgan fingerprint density at radius 3 is 2.44 bits per heavy atom. The van der Waals surface area contributed by atoms with Crippen LogP contribution in [0.2, 0.25) is 0 Å². The quantitative estimate of drug-likeness (QED) is 0.383. The molecule has 16 heavy (non-hydrogen) atoms. The first-order valence-corrected chi connectivity index (χ1v) is 4.14. The molecule has 0 atom stereocenters. The molecule has 1 aromatic carbocycles. The van der Waals surface area contributed by atoms with E-state index >= 15 is 0 Å². The van der Waals surface area contributed by atoms with E-state index in [-0.39, 0.29) is 5.56 Å². The van der Waals surface area contributed by atoms with E-state index in [1.165, 1.54) is 0 Å². The number of alkyl halides is 3. The van der Waals surface area contributed by atoms with Crippen LogP contribution in [0.3, 0.4) is 0 Å². The summed E-state index contributed by atoms with van der Waals surface area (Å²) in [6.45, 7) is 0. The summed E-state index contributed by atoms with van der Waals surface area (Å²) in [5, 5.41) is 10.2. The van der Waals surface area contributed by atoms with Crippen molar-refractivity contribution in [2.45, 2.75) is 6.36 Å². The number of ether oxygens (including phenoxy) is 1. The molecular formula is C8H4ClF4NO2. The van der Waals surface area contributed by atoms with Crippen molar-refractivity contribution in [3.8, 4) is 5.75 Å². The Morgan fingerprint density at radius 2 is 2.00 bits per heavy atom.